The van der Waals surface area contributed by atoms with Crippen LogP contribution in [0.3, 0.4) is 0 Å². The van der Waals surface area contributed by atoms with Gasteiger partial charge >= 0.3 is 0 Å². The third-order valence-electron chi connectivity index (χ3n) is 2.72. The Morgan fingerprint density at radius 3 is 2.45 bits per heavy atom. The second kappa shape index (κ2) is 5.97. The summed E-state index contributed by atoms with van der Waals surface area (Å²) >= 11 is 0. The average Bonchev–Trinajstić information content (AvgIpc) is 2.46. The van der Waals surface area contributed by atoms with Crippen molar-refractivity contribution in [2.45, 2.75) is 0 Å². The smallest absolute Gasteiger partial charge is 0.200 e. The van der Waals surface area contributed by atoms with E-state index in [0.29, 0.717) is 11.3 Å². The Bertz CT molecular complexity index is 621. The summed E-state index contributed by atoms with van der Waals surface area (Å²) in [5, 5.41) is 19.1. The van der Waals surface area contributed by atoms with Crippen molar-refractivity contribution in [1.82, 2.24) is 0 Å². The van der Waals surface area contributed by atoms with E-state index in [1.165, 1.54) is 31.4 Å². The van der Waals surface area contributed by atoms with Crippen LogP contribution in [0.5, 0.6) is 23.0 Å². The van der Waals surface area contributed by atoms with Crippen LogP contribution in [0.2, 0.25) is 0 Å². The summed E-state index contributed by atoms with van der Waals surface area (Å²) in [6.45, 7) is -0.233. The molecule has 2 aromatic rings. The van der Waals surface area contributed by atoms with Crippen molar-refractivity contribution in [3.05, 3.63) is 48.0 Å². The molecule has 2 N–H and O–H groups in total. The van der Waals surface area contributed by atoms with Gasteiger partial charge in [-0.1, -0.05) is 12.1 Å². The molecule has 0 aliphatic heterocycles. The summed E-state index contributed by atoms with van der Waals surface area (Å²) in [7, 11) is 1.43. The standard InChI is InChI=1S/C15H14O5/c1-19-14-7-6-10(8-12(14)17)13(18)9-20-15-5-3-2-4-11(15)16/h2-8,16-17H,9H2,1H3. The Hall–Kier alpha value is -2.69. The second-order valence-electron chi connectivity index (χ2n) is 4.07. The number of carbonyl (C=O) groups excluding carboxylic acids is 1. The van der Waals surface area contributed by atoms with Crippen LogP contribution in [-0.4, -0.2) is 29.7 Å². The highest BCUT2D eigenvalue weighted by Crippen LogP contribution is 2.27. The van der Waals surface area contributed by atoms with Crippen LogP contribution in [0.1, 0.15) is 10.4 Å². The first-order valence-corrected chi connectivity index (χ1v) is 5.93. The summed E-state index contributed by atoms with van der Waals surface area (Å²) in [6, 6.07) is 10.7. The molecule has 0 aromatic heterocycles. The second-order valence-corrected chi connectivity index (χ2v) is 4.07. The van der Waals surface area contributed by atoms with Gasteiger partial charge in [0.1, 0.15) is 0 Å². The average molecular weight is 274 g/mol. The summed E-state index contributed by atoms with van der Waals surface area (Å²) in [5.41, 5.74) is 0.304. The first-order valence-electron chi connectivity index (χ1n) is 5.93. The Kier molecular flexibility index (Phi) is 4.10. The highest BCUT2D eigenvalue weighted by molar-refractivity contribution is 5.97. The number of rotatable bonds is 5. The molecule has 0 aliphatic rings. The Morgan fingerprint density at radius 2 is 1.80 bits per heavy atom. The number of hydrogen-bond acceptors (Lipinski definition) is 5. The molecule has 2 rings (SSSR count). The van der Waals surface area contributed by atoms with Crippen LogP contribution in [-0.2, 0) is 0 Å². The van der Waals surface area contributed by atoms with Crippen LogP contribution < -0.4 is 9.47 Å². The SMILES string of the molecule is COc1ccc(C(=O)COc2ccccc2O)cc1O. The maximum Gasteiger partial charge on any atom is 0.200 e. The number of benzene rings is 2. The fourth-order valence-corrected chi connectivity index (χ4v) is 1.67. The van der Waals surface area contributed by atoms with Gasteiger partial charge in [-0.2, -0.15) is 0 Å². The predicted octanol–water partition coefficient (Wildman–Crippen LogP) is 2.37. The van der Waals surface area contributed by atoms with E-state index >= 15 is 0 Å². The van der Waals surface area contributed by atoms with Gasteiger partial charge in [0.15, 0.2) is 35.4 Å². The van der Waals surface area contributed by atoms with Gasteiger partial charge in [0.05, 0.1) is 7.11 Å². The fraction of sp³-hybridized carbons (Fsp3) is 0.133. The molecule has 0 fully saturated rings. The quantitative estimate of drug-likeness (QED) is 0.819. The summed E-state index contributed by atoms with van der Waals surface area (Å²) in [6.07, 6.45) is 0. The van der Waals surface area contributed by atoms with Gasteiger partial charge in [0.25, 0.3) is 0 Å². The van der Waals surface area contributed by atoms with E-state index < -0.39 is 0 Å². The summed E-state index contributed by atoms with van der Waals surface area (Å²) < 4.78 is 10.1. The van der Waals surface area contributed by atoms with Crippen molar-refractivity contribution in [3.8, 4) is 23.0 Å². The third kappa shape index (κ3) is 3.00. The minimum absolute atomic E-state index is 0.0297. The predicted molar refractivity (Wildman–Crippen MR) is 72.6 cm³/mol. The van der Waals surface area contributed by atoms with Crippen LogP contribution in [0, 0.1) is 0 Å². The lowest BCUT2D eigenvalue weighted by Gasteiger charge is -2.08. The zero-order valence-electron chi connectivity index (χ0n) is 10.9. The Morgan fingerprint density at radius 1 is 1.05 bits per heavy atom. The lowest BCUT2D eigenvalue weighted by Crippen LogP contribution is -2.11. The topological polar surface area (TPSA) is 76.0 Å². The van der Waals surface area contributed by atoms with Crippen LogP contribution in [0.25, 0.3) is 0 Å². The Labute approximate surface area is 116 Å². The normalized spacial score (nSPS) is 10.1. The molecular weight excluding hydrogens is 260 g/mol. The minimum atomic E-state index is -0.314. The first-order chi connectivity index (χ1) is 9.61. The van der Waals surface area contributed by atoms with Crippen LogP contribution >= 0.6 is 0 Å². The maximum atomic E-state index is 11.9. The van der Waals surface area contributed by atoms with Crippen LogP contribution in [0.15, 0.2) is 42.5 Å². The molecule has 20 heavy (non-hydrogen) atoms. The number of ketones is 1. The molecule has 0 bridgehead atoms. The van der Waals surface area contributed by atoms with Crippen molar-refractivity contribution >= 4 is 5.78 Å². The van der Waals surface area contributed by atoms with Crippen molar-refractivity contribution in [2.75, 3.05) is 13.7 Å². The molecule has 0 atom stereocenters. The van der Waals surface area contributed by atoms with E-state index in [0.717, 1.165) is 0 Å². The number of phenolic OH excluding ortho intramolecular Hbond substituents is 2. The van der Waals surface area contributed by atoms with E-state index in [1.54, 1.807) is 18.2 Å². The number of Topliss-reactive ketones (excluding diaryl/α,β-unsaturated/α-hetero) is 1. The minimum Gasteiger partial charge on any atom is -0.504 e. The largest absolute Gasteiger partial charge is 0.504 e. The van der Waals surface area contributed by atoms with Gasteiger partial charge in [-0.05, 0) is 30.3 Å². The zero-order chi connectivity index (χ0) is 14.5. The summed E-state index contributed by atoms with van der Waals surface area (Å²) in [5.74, 6) is 0.0757. The summed E-state index contributed by atoms with van der Waals surface area (Å²) in [4.78, 5) is 11.9. The monoisotopic (exact) mass is 274 g/mol. The molecule has 5 nitrogen and oxygen atoms in total. The molecule has 0 aliphatic carbocycles. The first kappa shape index (κ1) is 13.7. The molecule has 0 radical (unpaired) electrons. The number of phenols is 2. The molecule has 0 saturated carbocycles. The van der Waals surface area contributed by atoms with Crippen molar-refractivity contribution in [1.29, 1.82) is 0 Å². The van der Waals surface area contributed by atoms with E-state index in [1.807, 2.05) is 0 Å². The lowest BCUT2D eigenvalue weighted by atomic mass is 10.1. The van der Waals surface area contributed by atoms with Gasteiger partial charge in [-0.3, -0.25) is 4.79 Å². The fourth-order valence-electron chi connectivity index (χ4n) is 1.67. The number of methoxy groups -OCH3 is 1. The molecule has 5 heteroatoms. The van der Waals surface area contributed by atoms with Crippen molar-refractivity contribution < 1.29 is 24.5 Å². The lowest BCUT2D eigenvalue weighted by molar-refractivity contribution is 0.0919. The number of carbonyl (C=O) groups is 1. The Balaban J connectivity index is 2.05. The van der Waals surface area contributed by atoms with Crippen LogP contribution in [0.4, 0.5) is 0 Å². The highest BCUT2D eigenvalue weighted by atomic mass is 16.5. The van der Waals surface area contributed by atoms with E-state index in [-0.39, 0.29) is 29.6 Å². The van der Waals surface area contributed by atoms with E-state index in [2.05, 4.69) is 0 Å². The number of hydrogen-bond donors (Lipinski definition) is 2. The number of ether oxygens (including phenoxy) is 2. The molecule has 2 aromatic carbocycles. The van der Waals surface area contributed by atoms with Gasteiger partial charge in [0.2, 0.25) is 0 Å². The van der Waals surface area contributed by atoms with Gasteiger partial charge in [-0.15, -0.1) is 0 Å². The maximum absolute atomic E-state index is 11.9. The molecular formula is C15H14O5. The molecule has 0 amide bonds. The van der Waals surface area contributed by atoms with E-state index in [9.17, 15) is 15.0 Å². The van der Waals surface area contributed by atoms with E-state index in [4.69, 9.17) is 9.47 Å². The van der Waals surface area contributed by atoms with Gasteiger partial charge in [0, 0.05) is 5.56 Å². The van der Waals surface area contributed by atoms with Gasteiger partial charge < -0.3 is 19.7 Å². The zero-order valence-corrected chi connectivity index (χ0v) is 10.9. The molecule has 104 valence electrons. The molecule has 0 spiro atoms. The number of para-hydroxylation sites is 2. The third-order valence-corrected chi connectivity index (χ3v) is 2.72. The molecule has 0 saturated heterocycles. The van der Waals surface area contributed by atoms with Crippen molar-refractivity contribution in [2.24, 2.45) is 0 Å². The highest BCUT2D eigenvalue weighted by Gasteiger charge is 2.11. The van der Waals surface area contributed by atoms with Crippen molar-refractivity contribution in [3.63, 3.8) is 0 Å². The van der Waals surface area contributed by atoms with Gasteiger partial charge in [-0.25, -0.2) is 0 Å². The molecule has 0 unspecified atom stereocenters. The molecule has 0 heterocycles. The number of aromatic hydroxyl groups is 2.